The molecule has 0 aromatic heterocycles. The summed E-state index contributed by atoms with van der Waals surface area (Å²) in [4.78, 5) is 48.8. The first kappa shape index (κ1) is 34.5. The molecule has 0 radical (unpaired) electrons. The van der Waals surface area contributed by atoms with E-state index in [-0.39, 0.29) is 18.1 Å². The fraction of sp³-hybridized carbons (Fsp3) is 0.643. The molecule has 0 aliphatic rings. The van der Waals surface area contributed by atoms with Gasteiger partial charge in [-0.05, 0) is 70.6 Å². The third-order valence-electron chi connectivity index (χ3n) is 6.44. The Bertz CT molecular complexity index is 1010. The molecule has 4 unspecified atom stereocenters. The molecule has 0 spiro atoms. The lowest BCUT2D eigenvalue weighted by Gasteiger charge is -2.28. The van der Waals surface area contributed by atoms with E-state index < -0.39 is 60.1 Å². The van der Waals surface area contributed by atoms with Gasteiger partial charge >= 0.3 is 24.4 Å². The van der Waals surface area contributed by atoms with Crippen molar-refractivity contribution in [2.45, 2.75) is 104 Å². The fourth-order valence-corrected chi connectivity index (χ4v) is 3.29. The van der Waals surface area contributed by atoms with Crippen molar-refractivity contribution in [1.82, 2.24) is 0 Å². The van der Waals surface area contributed by atoms with Crippen LogP contribution in [0.3, 0.4) is 0 Å². The molecule has 0 saturated heterocycles. The molecule has 0 heterocycles. The molecule has 12 nitrogen and oxygen atoms in total. The standard InChI is InChI=1S/C28H43NO11/c1-9-17(5)36-26(33)38-20-13-12-19(14-21(20)39-27(34)37-18(6)10-2)22(23(29)24(30)31)16(4)15-35-25(32)40-28(7,8)11-3/h12-14,16-18,22-23H,9-11,15,29H2,1-8H3,(H,30,31)/t16?,17?,18?,22?,23-/m0/s1. The molecule has 0 saturated carbocycles. The molecule has 1 aromatic rings. The van der Waals surface area contributed by atoms with E-state index in [0.717, 1.165) is 0 Å². The highest BCUT2D eigenvalue weighted by Gasteiger charge is 2.33. The fourth-order valence-electron chi connectivity index (χ4n) is 3.29. The van der Waals surface area contributed by atoms with Gasteiger partial charge in [0.1, 0.15) is 23.9 Å². The first-order chi connectivity index (χ1) is 18.6. The van der Waals surface area contributed by atoms with Gasteiger partial charge in [0, 0.05) is 5.92 Å². The molecule has 0 amide bonds. The zero-order valence-corrected chi connectivity index (χ0v) is 24.6. The minimum Gasteiger partial charge on any atom is -0.480 e. The van der Waals surface area contributed by atoms with Crippen LogP contribution in [0, 0.1) is 5.92 Å². The lowest BCUT2D eigenvalue weighted by atomic mass is 9.82. The molecular weight excluding hydrogens is 526 g/mol. The van der Waals surface area contributed by atoms with Crippen LogP contribution in [-0.2, 0) is 23.7 Å². The van der Waals surface area contributed by atoms with Crippen molar-refractivity contribution in [2.75, 3.05) is 6.61 Å². The average molecular weight is 570 g/mol. The topological polar surface area (TPSA) is 170 Å². The van der Waals surface area contributed by atoms with Gasteiger partial charge in [-0.2, -0.15) is 0 Å². The number of hydrogen-bond donors (Lipinski definition) is 2. The summed E-state index contributed by atoms with van der Waals surface area (Å²) >= 11 is 0. The van der Waals surface area contributed by atoms with E-state index in [4.69, 9.17) is 34.2 Å². The van der Waals surface area contributed by atoms with Crippen molar-refractivity contribution in [3.63, 3.8) is 0 Å². The minimum atomic E-state index is -1.43. The minimum absolute atomic E-state index is 0.157. The number of benzene rings is 1. The monoisotopic (exact) mass is 569 g/mol. The summed E-state index contributed by atoms with van der Waals surface area (Å²) in [6.07, 6.45) is -2.19. The van der Waals surface area contributed by atoms with E-state index >= 15 is 0 Å². The number of carboxylic acids is 1. The molecule has 1 aromatic carbocycles. The first-order valence-corrected chi connectivity index (χ1v) is 13.4. The smallest absolute Gasteiger partial charge is 0.480 e. The van der Waals surface area contributed by atoms with Crippen LogP contribution in [0.2, 0.25) is 0 Å². The molecule has 226 valence electrons. The van der Waals surface area contributed by atoms with E-state index in [2.05, 4.69) is 0 Å². The molecule has 5 atom stereocenters. The SMILES string of the molecule is CCC(C)OC(=O)Oc1ccc(C(C(C)COC(=O)OC(C)(C)CC)[C@H](N)C(=O)O)cc1OC(=O)OC(C)CC. The maximum atomic E-state index is 12.4. The van der Waals surface area contributed by atoms with Gasteiger partial charge in [-0.15, -0.1) is 0 Å². The second-order valence-corrected chi connectivity index (χ2v) is 10.2. The zero-order valence-electron chi connectivity index (χ0n) is 24.6. The van der Waals surface area contributed by atoms with E-state index in [1.807, 2.05) is 20.8 Å². The van der Waals surface area contributed by atoms with Gasteiger partial charge in [-0.1, -0.05) is 33.8 Å². The Morgan fingerprint density at radius 1 is 0.875 bits per heavy atom. The van der Waals surface area contributed by atoms with Crippen LogP contribution in [0.4, 0.5) is 14.4 Å². The third-order valence-corrected chi connectivity index (χ3v) is 6.44. The Balaban J connectivity index is 3.35. The Labute approximate surface area is 235 Å². The van der Waals surface area contributed by atoms with Gasteiger partial charge < -0.3 is 39.3 Å². The summed E-state index contributed by atoms with van der Waals surface area (Å²) in [5, 5.41) is 9.70. The summed E-state index contributed by atoms with van der Waals surface area (Å²) in [7, 11) is 0. The quantitative estimate of drug-likeness (QED) is 0.157. The maximum Gasteiger partial charge on any atom is 0.514 e. The van der Waals surface area contributed by atoms with E-state index in [0.29, 0.717) is 24.8 Å². The number of carbonyl (C=O) groups excluding carboxylic acids is 3. The van der Waals surface area contributed by atoms with Crippen LogP contribution < -0.4 is 15.2 Å². The predicted molar refractivity (Wildman–Crippen MR) is 144 cm³/mol. The first-order valence-electron chi connectivity index (χ1n) is 13.4. The molecule has 0 aliphatic carbocycles. The second kappa shape index (κ2) is 15.9. The lowest BCUT2D eigenvalue weighted by Crippen LogP contribution is -2.41. The Hall–Kier alpha value is -3.54. The maximum absolute atomic E-state index is 12.4. The van der Waals surface area contributed by atoms with Crippen LogP contribution in [0.1, 0.15) is 86.1 Å². The van der Waals surface area contributed by atoms with Crippen LogP contribution in [0.5, 0.6) is 11.5 Å². The molecule has 0 aliphatic heterocycles. The summed E-state index contributed by atoms with van der Waals surface area (Å²) in [6, 6.07) is 2.70. The van der Waals surface area contributed by atoms with Gasteiger partial charge in [0.25, 0.3) is 0 Å². The summed E-state index contributed by atoms with van der Waals surface area (Å²) < 4.78 is 31.4. The summed E-state index contributed by atoms with van der Waals surface area (Å²) in [5.74, 6) is -3.21. The van der Waals surface area contributed by atoms with Gasteiger partial charge in [-0.25, -0.2) is 14.4 Å². The lowest BCUT2D eigenvalue weighted by molar-refractivity contribution is -0.139. The Morgan fingerprint density at radius 2 is 1.40 bits per heavy atom. The largest absolute Gasteiger partial charge is 0.514 e. The van der Waals surface area contributed by atoms with Crippen molar-refractivity contribution in [2.24, 2.45) is 11.7 Å². The zero-order chi connectivity index (χ0) is 30.6. The van der Waals surface area contributed by atoms with Gasteiger partial charge in [0.2, 0.25) is 0 Å². The molecule has 0 bridgehead atoms. The molecule has 1 rings (SSSR count). The predicted octanol–water partition coefficient (Wildman–Crippen LogP) is 5.79. The average Bonchev–Trinajstić information content (AvgIpc) is 2.88. The molecule has 0 fully saturated rings. The van der Waals surface area contributed by atoms with E-state index in [1.165, 1.54) is 18.2 Å². The van der Waals surface area contributed by atoms with Crippen LogP contribution in [-0.4, -0.2) is 60.0 Å². The van der Waals surface area contributed by atoms with Gasteiger partial charge in [-0.3, -0.25) is 4.79 Å². The summed E-state index contributed by atoms with van der Waals surface area (Å²) in [6.45, 7) is 13.8. The summed E-state index contributed by atoms with van der Waals surface area (Å²) in [5.41, 5.74) is 5.62. The number of carbonyl (C=O) groups is 4. The molecular formula is C28H43NO11. The number of aliphatic carboxylic acids is 1. The number of carboxylic acid groups (broad SMARTS) is 1. The highest BCUT2D eigenvalue weighted by molar-refractivity contribution is 5.75. The Kier molecular flexibility index (Phi) is 13.7. The van der Waals surface area contributed by atoms with E-state index in [1.54, 1.807) is 34.6 Å². The normalized spacial score (nSPS) is 15.0. The molecule has 40 heavy (non-hydrogen) atoms. The second-order valence-electron chi connectivity index (χ2n) is 10.2. The number of nitrogens with two attached hydrogens (primary N) is 1. The van der Waals surface area contributed by atoms with Gasteiger partial charge in [0.05, 0.1) is 6.61 Å². The molecule has 12 heteroatoms. The van der Waals surface area contributed by atoms with Crippen molar-refractivity contribution >= 4 is 24.4 Å². The third kappa shape index (κ3) is 11.3. The van der Waals surface area contributed by atoms with Crippen molar-refractivity contribution in [3.8, 4) is 11.5 Å². The van der Waals surface area contributed by atoms with Crippen molar-refractivity contribution in [1.29, 1.82) is 0 Å². The van der Waals surface area contributed by atoms with Crippen molar-refractivity contribution < 1.29 is 52.7 Å². The Morgan fingerprint density at radius 3 is 1.88 bits per heavy atom. The number of hydrogen-bond acceptors (Lipinski definition) is 11. The highest BCUT2D eigenvalue weighted by atomic mass is 16.8. The van der Waals surface area contributed by atoms with Crippen molar-refractivity contribution in [3.05, 3.63) is 23.8 Å². The van der Waals surface area contributed by atoms with Gasteiger partial charge in [0.15, 0.2) is 11.5 Å². The van der Waals surface area contributed by atoms with Crippen LogP contribution in [0.15, 0.2) is 18.2 Å². The highest BCUT2D eigenvalue weighted by Crippen LogP contribution is 2.36. The van der Waals surface area contributed by atoms with Crippen LogP contribution in [0.25, 0.3) is 0 Å². The molecule has 3 N–H and O–H groups in total. The number of ether oxygens (including phenoxy) is 6. The van der Waals surface area contributed by atoms with Crippen LogP contribution >= 0.6 is 0 Å². The number of rotatable bonds is 14. The van der Waals surface area contributed by atoms with E-state index in [9.17, 15) is 24.3 Å².